The van der Waals surface area contributed by atoms with Gasteiger partial charge in [-0.25, -0.2) is 29.9 Å². The van der Waals surface area contributed by atoms with Crippen molar-refractivity contribution in [3.63, 3.8) is 0 Å². The topological polar surface area (TPSA) is 214 Å². The van der Waals surface area contributed by atoms with Crippen molar-refractivity contribution in [1.29, 1.82) is 0 Å². The van der Waals surface area contributed by atoms with Crippen molar-refractivity contribution < 1.29 is 38.1 Å². The van der Waals surface area contributed by atoms with Crippen molar-refractivity contribution in [2.75, 3.05) is 0 Å². The largest absolute Gasteiger partial charge is 0.457 e. The van der Waals surface area contributed by atoms with Crippen molar-refractivity contribution in [1.82, 2.24) is 39.9 Å². The monoisotopic (exact) mass is 1600 g/mol. The molecular formula is C108H66N8O8. The van der Waals surface area contributed by atoms with Crippen LogP contribution < -0.4 is 18.9 Å². The Bertz CT molecular complexity index is 7460. The van der Waals surface area contributed by atoms with Gasteiger partial charge in [0.25, 0.3) is 0 Å². The highest BCUT2D eigenvalue weighted by molar-refractivity contribution is 6.12. The molecule has 16 aromatic carbocycles. The molecule has 8 bridgehead atoms. The van der Waals surface area contributed by atoms with Crippen molar-refractivity contribution in [2.45, 2.75) is 0 Å². The predicted molar refractivity (Wildman–Crippen MR) is 491 cm³/mol. The maximum Gasteiger partial charge on any atom is 0.185 e. The normalized spacial score (nSPS) is 11.9. The third-order valence-electron chi connectivity index (χ3n) is 22.2. The molecule has 0 saturated carbocycles. The lowest BCUT2D eigenvalue weighted by Crippen LogP contribution is -1.94. The van der Waals surface area contributed by atoms with Crippen molar-refractivity contribution in [3.05, 3.63) is 409 Å². The Balaban J connectivity index is 0.662. The highest BCUT2D eigenvalue weighted by Gasteiger charge is 2.26. The Morgan fingerprint density at radius 2 is 0.452 bits per heavy atom. The molecule has 2 N–H and O–H groups in total. The highest BCUT2D eigenvalue weighted by Crippen LogP contribution is 2.43. The number of carbonyl (C=O) groups is 4. The van der Waals surface area contributed by atoms with E-state index < -0.39 is 0 Å². The molecule has 0 saturated heterocycles. The smallest absolute Gasteiger partial charge is 0.185 e. The average Bonchev–Trinajstić information content (AvgIpc) is 1.60. The van der Waals surface area contributed by atoms with E-state index in [4.69, 9.17) is 48.9 Å². The van der Waals surface area contributed by atoms with Crippen molar-refractivity contribution in [2.24, 2.45) is 0 Å². The summed E-state index contributed by atoms with van der Waals surface area (Å²) in [6, 6.07) is 107. The summed E-state index contributed by atoms with van der Waals surface area (Å²) in [5.74, 6) is 4.36. The van der Waals surface area contributed by atoms with E-state index in [2.05, 4.69) is 9.97 Å². The quantitative estimate of drug-likeness (QED) is 0.0537. The van der Waals surface area contributed by atoms with Gasteiger partial charge in [-0.3, -0.25) is 19.2 Å². The fourth-order valence-electron chi connectivity index (χ4n) is 15.9. The summed E-state index contributed by atoms with van der Waals surface area (Å²) in [6.45, 7) is 0. The van der Waals surface area contributed by atoms with Crippen molar-refractivity contribution in [3.8, 4) is 91.5 Å². The Kier molecular flexibility index (Phi) is 19.1. The van der Waals surface area contributed by atoms with Gasteiger partial charge in [0.15, 0.2) is 46.4 Å². The maximum atomic E-state index is 13.7. The zero-order valence-corrected chi connectivity index (χ0v) is 65.9. The molecule has 0 radical (unpaired) electrons. The van der Waals surface area contributed by atoms with Gasteiger partial charge in [0.1, 0.15) is 68.6 Å². The van der Waals surface area contributed by atoms with Crippen LogP contribution >= 0.6 is 0 Å². The number of aromatic amines is 2. The van der Waals surface area contributed by atoms with Crippen LogP contribution in [-0.2, 0) is 0 Å². The number of nitrogens with one attached hydrogen (secondary N) is 2. The van der Waals surface area contributed by atoms with Gasteiger partial charge in [-0.05, 0) is 260 Å². The zero-order chi connectivity index (χ0) is 83.1. The summed E-state index contributed by atoms with van der Waals surface area (Å²) in [4.78, 5) is 94.0. The van der Waals surface area contributed by atoms with E-state index in [1.807, 2.05) is 267 Å². The number of rotatable bonds is 20. The van der Waals surface area contributed by atoms with Crippen LogP contribution in [0.4, 0.5) is 0 Å². The summed E-state index contributed by atoms with van der Waals surface area (Å²) in [5, 5.41) is 11.1. The number of benzene rings is 16. The van der Waals surface area contributed by atoms with Gasteiger partial charge in [0.05, 0.1) is 0 Å². The van der Waals surface area contributed by atoms with Crippen LogP contribution in [0.25, 0.3) is 157 Å². The third-order valence-corrected chi connectivity index (χ3v) is 22.2. The number of aromatic nitrogens is 8. The Hall–Kier alpha value is -17.2. The second kappa shape index (κ2) is 31.9. The van der Waals surface area contributed by atoms with Crippen LogP contribution in [0.15, 0.2) is 364 Å². The summed E-state index contributed by atoms with van der Waals surface area (Å²) in [7, 11) is 0. The van der Waals surface area contributed by atoms with E-state index in [0.717, 1.165) is 65.3 Å². The van der Waals surface area contributed by atoms with Crippen LogP contribution in [0.5, 0.6) is 46.0 Å². The van der Waals surface area contributed by atoms with Gasteiger partial charge < -0.3 is 28.9 Å². The lowest BCUT2D eigenvalue weighted by Gasteiger charge is -2.08. The number of nitrogens with zero attached hydrogens (tertiary/aromatic N) is 6. The maximum absolute atomic E-state index is 13.7. The van der Waals surface area contributed by atoms with Crippen LogP contribution in [0.3, 0.4) is 0 Å². The van der Waals surface area contributed by atoms with Gasteiger partial charge in [-0.1, -0.05) is 194 Å². The lowest BCUT2D eigenvalue weighted by atomic mass is 10.0. The van der Waals surface area contributed by atoms with Gasteiger partial charge >= 0.3 is 0 Å². The number of hydrogen-bond acceptors (Lipinski definition) is 14. The number of ketones is 4. The highest BCUT2D eigenvalue weighted by atomic mass is 16.5. The molecule has 0 fully saturated rings. The summed E-state index contributed by atoms with van der Waals surface area (Å²) < 4.78 is 26.5. The van der Waals surface area contributed by atoms with Gasteiger partial charge in [0, 0.05) is 66.1 Å². The molecule has 2 aliphatic rings. The van der Waals surface area contributed by atoms with Gasteiger partial charge in [-0.15, -0.1) is 0 Å². The van der Waals surface area contributed by atoms with E-state index in [1.54, 1.807) is 121 Å². The Morgan fingerprint density at radius 1 is 0.210 bits per heavy atom. The summed E-state index contributed by atoms with van der Waals surface area (Å²) >= 11 is 0. The zero-order valence-electron chi connectivity index (χ0n) is 65.9. The molecule has 19 aromatic rings. The summed E-state index contributed by atoms with van der Waals surface area (Å²) in [5.41, 5.74) is 9.72. The second-order valence-electron chi connectivity index (χ2n) is 30.0. The lowest BCUT2D eigenvalue weighted by molar-refractivity contribution is 0.103. The average molecular weight is 1600 g/mol. The standard InChI is InChI=1S/C108H66N8O8/c117-97(57-37-69-21-9-17-65-13-1-5-25-85(65)69)73-29-41-77(42-30-73)121-81-49-53-89-93(61-81)105-109-101(89)114-106-95-63-83(123-79-45-33-75(34-46-79)99(119)59-39-71-23-11-19-67-15-3-7-27-87(67)71)51-55-91(95)103(111-106)116-108-96-64-84(124-80-47-35-76(36-48-80)100(120)60-40-72-24-12-20-68-16-4-8-28-88(68)72)52-56-92(96)104(112-108)115-107-94-62-82(50-54-90(94)102(110-107)113-105)122-78-43-31-74(32-44-78)98(118)58-38-70-22-10-18-66-14-2-6-26-86(66)70/h1-64H,(H2,109,110,111,112,113,114,115,116)/b57-37+,58-38+,59-39+,60-40+. The molecule has 0 atom stereocenters. The van der Waals surface area contributed by atoms with E-state index in [-0.39, 0.29) is 23.1 Å². The molecule has 16 heteroatoms. The molecule has 16 nitrogen and oxygen atoms in total. The first kappa shape index (κ1) is 74.3. The SMILES string of the molecule is O=C(/C=C/c1cccc2ccccc12)c1ccc(Oc2ccc3c(c2)-c2nc-3nc3[nH]c(nc4nc(nc5[nH]c(n2)c2ccc(Oc6ccc(C(=O)/C=C/c7cccc8ccccc78)cc6)cc52)-c2ccc(Oc5ccc(C(=O)/C=C/c6cccc7ccccc67)cc5)cc2-4)c2ccc(Oc4ccc(C(=O)/C=C/c5cccc6ccccc56)cc4)cc32)cc1. The van der Waals surface area contributed by atoms with E-state index in [1.165, 1.54) is 0 Å². The van der Waals surface area contributed by atoms with E-state index in [9.17, 15) is 19.2 Å². The van der Waals surface area contributed by atoms with Crippen LogP contribution in [0, 0.1) is 0 Å². The summed E-state index contributed by atoms with van der Waals surface area (Å²) in [6.07, 6.45) is 13.7. The van der Waals surface area contributed by atoms with Gasteiger partial charge in [-0.2, -0.15) is 0 Å². The van der Waals surface area contributed by atoms with Crippen LogP contribution in [0.1, 0.15) is 63.7 Å². The Morgan fingerprint density at radius 3 is 0.750 bits per heavy atom. The van der Waals surface area contributed by atoms with E-state index >= 15 is 0 Å². The van der Waals surface area contributed by atoms with Crippen LogP contribution in [0.2, 0.25) is 0 Å². The third kappa shape index (κ3) is 14.9. The first-order chi connectivity index (χ1) is 61.0. The first-order valence-electron chi connectivity index (χ1n) is 40.3. The molecule has 124 heavy (non-hydrogen) atoms. The van der Waals surface area contributed by atoms with Crippen molar-refractivity contribution >= 4 is 135 Å². The minimum Gasteiger partial charge on any atom is -0.457 e. The number of H-pyrrole nitrogens is 2. The molecule has 2 aliphatic heterocycles. The molecule has 3 aromatic heterocycles. The fourth-order valence-corrected chi connectivity index (χ4v) is 15.9. The number of allylic oxidation sites excluding steroid dienone is 4. The Labute approximate surface area is 708 Å². The number of hydrogen-bond donors (Lipinski definition) is 2. The van der Waals surface area contributed by atoms with Gasteiger partial charge in [0.2, 0.25) is 0 Å². The number of ether oxygens (including phenoxy) is 4. The molecule has 5 heterocycles. The molecule has 0 aliphatic carbocycles. The molecular weight excluding hydrogens is 1540 g/mol. The molecule has 0 unspecified atom stereocenters. The molecule has 0 amide bonds. The molecule has 586 valence electrons. The molecule has 0 spiro atoms. The van der Waals surface area contributed by atoms with Crippen LogP contribution in [-0.4, -0.2) is 63.0 Å². The minimum atomic E-state index is -0.159. The first-order valence-corrected chi connectivity index (χ1v) is 40.3. The number of fused-ring (bicyclic) bond motifs is 24. The number of carbonyl (C=O) groups excluding carboxylic acids is 4. The fraction of sp³-hybridized carbons (Fsp3) is 0. The predicted octanol–water partition coefficient (Wildman–Crippen LogP) is 26.2. The second-order valence-corrected chi connectivity index (χ2v) is 30.0. The minimum absolute atomic E-state index is 0.159. The molecule has 21 rings (SSSR count). The van der Waals surface area contributed by atoms with E-state index in [0.29, 0.717) is 158 Å².